The third-order valence-corrected chi connectivity index (χ3v) is 4.10. The van der Waals surface area contributed by atoms with E-state index in [2.05, 4.69) is 20.6 Å². The molecule has 0 fully saturated rings. The molecular weight excluding hydrogens is 343 g/mol. The number of anilines is 1. The van der Waals surface area contributed by atoms with Gasteiger partial charge >= 0.3 is 0 Å². The number of hydrogen-bond acceptors (Lipinski definition) is 5. The third kappa shape index (κ3) is 2.92. The van der Waals surface area contributed by atoms with Gasteiger partial charge in [0.25, 0.3) is 5.91 Å². The molecule has 0 saturated heterocycles. The largest absolute Gasteiger partial charge is 0.308 e. The van der Waals surface area contributed by atoms with Crippen molar-refractivity contribution < 1.29 is 9.18 Å². The van der Waals surface area contributed by atoms with Gasteiger partial charge in [-0.25, -0.2) is 9.07 Å². The number of rotatable bonds is 4. The summed E-state index contributed by atoms with van der Waals surface area (Å²) in [7, 11) is 0. The summed E-state index contributed by atoms with van der Waals surface area (Å²) in [5.41, 5.74) is 2.53. The van der Waals surface area contributed by atoms with Crippen LogP contribution in [0, 0.1) is 5.82 Å². The van der Waals surface area contributed by atoms with Crippen molar-refractivity contribution in [1.82, 2.24) is 24.5 Å². The molecule has 3 heterocycles. The molecule has 0 aliphatic rings. The Morgan fingerprint density at radius 2 is 1.92 bits per heavy atom. The van der Waals surface area contributed by atoms with Gasteiger partial charge in [-0.1, -0.05) is 11.3 Å². The van der Waals surface area contributed by atoms with E-state index >= 15 is 0 Å². The molecule has 0 atom stereocenters. The molecule has 0 aliphatic heterocycles. The second kappa shape index (κ2) is 6.29. The number of amides is 1. The van der Waals surface area contributed by atoms with E-state index in [-0.39, 0.29) is 11.7 Å². The van der Waals surface area contributed by atoms with Crippen LogP contribution in [-0.2, 0) is 0 Å². The quantitative estimate of drug-likeness (QED) is 0.611. The zero-order valence-electron chi connectivity index (χ0n) is 12.7. The van der Waals surface area contributed by atoms with Crippen LogP contribution in [0.5, 0.6) is 0 Å². The molecule has 0 spiro atoms. The number of halogens is 1. The van der Waals surface area contributed by atoms with Crippen LogP contribution in [0.15, 0.2) is 60.5 Å². The van der Waals surface area contributed by atoms with Gasteiger partial charge in [-0.2, -0.15) is 5.10 Å². The molecule has 4 rings (SSSR count). The summed E-state index contributed by atoms with van der Waals surface area (Å²) in [6, 6.07) is 9.57. The highest BCUT2D eigenvalue weighted by molar-refractivity contribution is 7.13. The summed E-state index contributed by atoms with van der Waals surface area (Å²) in [4.78, 5) is 12.6. The predicted octanol–water partition coefficient (Wildman–Crippen LogP) is 2.91. The number of aromatic nitrogens is 5. The molecule has 0 saturated carbocycles. The lowest BCUT2D eigenvalue weighted by Crippen LogP contribution is -2.15. The number of nitrogens with zero attached hydrogens (tertiary/aromatic N) is 5. The van der Waals surface area contributed by atoms with Crippen LogP contribution in [0.25, 0.3) is 11.5 Å². The molecule has 124 valence electrons. The van der Waals surface area contributed by atoms with Crippen LogP contribution in [0.3, 0.4) is 0 Å². The average molecular weight is 354 g/mol. The smallest absolute Gasteiger partial charge is 0.262 e. The minimum atomic E-state index is -0.353. The highest BCUT2D eigenvalue weighted by atomic mass is 32.1. The number of carbonyl (C=O) groups is 1. The molecule has 3 aromatic heterocycles. The fourth-order valence-corrected chi connectivity index (χ4v) is 2.83. The van der Waals surface area contributed by atoms with Crippen molar-refractivity contribution in [1.29, 1.82) is 0 Å². The monoisotopic (exact) mass is 354 g/mol. The van der Waals surface area contributed by atoms with Crippen molar-refractivity contribution in [3.05, 3.63) is 71.9 Å². The van der Waals surface area contributed by atoms with E-state index in [0.717, 1.165) is 0 Å². The molecule has 7 nitrogen and oxygen atoms in total. The topological polar surface area (TPSA) is 77.6 Å². The lowest BCUT2D eigenvalue weighted by atomic mass is 10.3. The van der Waals surface area contributed by atoms with Gasteiger partial charge in [-0.3, -0.25) is 10.1 Å². The second-order valence-corrected chi connectivity index (χ2v) is 5.89. The molecule has 1 amide bonds. The van der Waals surface area contributed by atoms with Crippen molar-refractivity contribution in [2.75, 3.05) is 5.32 Å². The molecule has 1 aromatic carbocycles. The number of carbonyl (C=O) groups excluding carboxylic acids is 1. The molecule has 0 bridgehead atoms. The van der Waals surface area contributed by atoms with Gasteiger partial charge in [0, 0.05) is 12.4 Å². The second-order valence-electron chi connectivity index (χ2n) is 5.06. The Labute approximate surface area is 145 Å². The summed E-state index contributed by atoms with van der Waals surface area (Å²) in [6.07, 6.45) is 5.08. The van der Waals surface area contributed by atoms with Crippen molar-refractivity contribution in [3.8, 4) is 11.5 Å². The Morgan fingerprint density at radius 1 is 1.16 bits per heavy atom. The predicted molar refractivity (Wildman–Crippen MR) is 90.7 cm³/mol. The van der Waals surface area contributed by atoms with Crippen LogP contribution in [0.4, 0.5) is 9.52 Å². The van der Waals surface area contributed by atoms with Crippen molar-refractivity contribution >= 4 is 22.4 Å². The first-order chi connectivity index (χ1) is 12.2. The molecular formula is C16H11FN6OS. The summed E-state index contributed by atoms with van der Waals surface area (Å²) in [6.45, 7) is 0. The fraction of sp³-hybridized carbons (Fsp3) is 0. The van der Waals surface area contributed by atoms with Crippen molar-refractivity contribution in [2.24, 2.45) is 0 Å². The lowest BCUT2D eigenvalue weighted by molar-refractivity contribution is 0.102. The van der Waals surface area contributed by atoms with E-state index in [0.29, 0.717) is 22.2 Å². The molecule has 9 heteroatoms. The van der Waals surface area contributed by atoms with E-state index < -0.39 is 0 Å². The van der Waals surface area contributed by atoms with Crippen molar-refractivity contribution in [3.63, 3.8) is 0 Å². The van der Waals surface area contributed by atoms with E-state index in [4.69, 9.17) is 0 Å². The minimum Gasteiger partial charge on any atom is -0.308 e. The molecule has 0 aliphatic carbocycles. The standard InChI is InChI=1S/C16H11FN6OS/c17-11-3-5-12(6-4-11)23-15(22-7-1-2-8-22)13(9-19-23)14(24)20-16-21-18-10-25-16/h1-10H,(H,20,21,24). The van der Waals surface area contributed by atoms with Gasteiger partial charge < -0.3 is 4.57 Å². The maximum atomic E-state index is 13.2. The maximum Gasteiger partial charge on any atom is 0.262 e. The molecule has 0 unspecified atom stereocenters. The molecule has 25 heavy (non-hydrogen) atoms. The fourth-order valence-electron chi connectivity index (χ4n) is 2.39. The van der Waals surface area contributed by atoms with E-state index in [9.17, 15) is 9.18 Å². The highest BCUT2D eigenvalue weighted by Gasteiger charge is 2.20. The van der Waals surface area contributed by atoms with Crippen LogP contribution in [0.1, 0.15) is 10.4 Å². The van der Waals surface area contributed by atoms with Gasteiger partial charge in [-0.05, 0) is 36.4 Å². The Bertz CT molecular complexity index is 992. The molecule has 4 aromatic rings. The van der Waals surface area contributed by atoms with Gasteiger partial charge in [0.1, 0.15) is 16.9 Å². The summed E-state index contributed by atoms with van der Waals surface area (Å²) in [5.74, 6) is -0.153. The Kier molecular flexibility index (Phi) is 3.82. The zero-order valence-corrected chi connectivity index (χ0v) is 13.5. The van der Waals surface area contributed by atoms with Gasteiger partial charge in [0.05, 0.1) is 11.9 Å². The zero-order chi connectivity index (χ0) is 17.2. The Morgan fingerprint density at radius 3 is 2.60 bits per heavy atom. The van der Waals surface area contributed by atoms with Crippen LogP contribution in [-0.4, -0.2) is 30.5 Å². The number of nitrogens with one attached hydrogen (secondary N) is 1. The highest BCUT2D eigenvalue weighted by Crippen LogP contribution is 2.21. The molecule has 0 radical (unpaired) electrons. The first-order valence-corrected chi connectivity index (χ1v) is 8.15. The lowest BCUT2D eigenvalue weighted by Gasteiger charge is -2.10. The summed E-state index contributed by atoms with van der Waals surface area (Å²) >= 11 is 1.22. The number of benzene rings is 1. The number of hydrogen-bond donors (Lipinski definition) is 1. The van der Waals surface area contributed by atoms with Crippen LogP contribution >= 0.6 is 11.3 Å². The molecule has 1 N–H and O–H groups in total. The summed E-state index contributed by atoms with van der Waals surface area (Å²) in [5, 5.41) is 14.9. The van der Waals surface area contributed by atoms with Crippen LogP contribution < -0.4 is 5.32 Å². The summed E-state index contributed by atoms with van der Waals surface area (Å²) < 4.78 is 16.6. The third-order valence-electron chi connectivity index (χ3n) is 3.49. The first-order valence-electron chi connectivity index (χ1n) is 7.27. The van der Waals surface area contributed by atoms with Crippen molar-refractivity contribution in [2.45, 2.75) is 0 Å². The Balaban J connectivity index is 1.79. The normalized spacial score (nSPS) is 10.8. The SMILES string of the molecule is O=C(Nc1nncs1)c1cnn(-c2ccc(F)cc2)c1-n1cccc1. The van der Waals surface area contributed by atoms with Gasteiger partial charge in [0.2, 0.25) is 5.13 Å². The van der Waals surface area contributed by atoms with E-state index in [1.807, 2.05) is 12.1 Å². The van der Waals surface area contributed by atoms with E-state index in [1.165, 1.54) is 35.2 Å². The van der Waals surface area contributed by atoms with E-state index in [1.54, 1.807) is 33.8 Å². The van der Waals surface area contributed by atoms with Gasteiger partial charge in [-0.15, -0.1) is 10.2 Å². The average Bonchev–Trinajstić information content (AvgIpc) is 3.36. The maximum absolute atomic E-state index is 13.2. The Hall–Kier alpha value is -3.33. The minimum absolute atomic E-state index is 0.340. The van der Waals surface area contributed by atoms with Gasteiger partial charge in [0.15, 0.2) is 5.82 Å². The van der Waals surface area contributed by atoms with Crippen LogP contribution in [0.2, 0.25) is 0 Å². The first kappa shape index (κ1) is 15.2.